The largest absolute Gasteiger partial charge is 0.491 e. The van der Waals surface area contributed by atoms with Gasteiger partial charge in [-0.2, -0.15) is 0 Å². The number of hydrogen-bond acceptors (Lipinski definition) is 5. The highest BCUT2D eigenvalue weighted by atomic mass is 16.5. The van der Waals surface area contributed by atoms with Crippen LogP contribution in [-0.2, 0) is 14.3 Å². The Morgan fingerprint density at radius 3 is 2.77 bits per heavy atom. The number of aliphatic carboxylic acids is 1. The summed E-state index contributed by atoms with van der Waals surface area (Å²) in [5.74, 6) is -0.596. The zero-order valence-corrected chi connectivity index (χ0v) is 14.7. The second kappa shape index (κ2) is 8.51. The smallest absolute Gasteiger partial charge is 0.311 e. The van der Waals surface area contributed by atoms with Gasteiger partial charge < -0.3 is 24.6 Å². The van der Waals surface area contributed by atoms with Crippen LogP contribution < -0.4 is 10.1 Å². The van der Waals surface area contributed by atoms with Crippen LogP contribution in [0.5, 0.6) is 5.75 Å². The SMILES string of the molecule is O=C(NCC1(C(=O)O)CCOCC1)c1cccc(OCC2CCCO2)c1. The third kappa shape index (κ3) is 4.53. The Bertz CT molecular complexity index is 635. The lowest BCUT2D eigenvalue weighted by Gasteiger charge is -2.33. The second-order valence-electron chi connectivity index (χ2n) is 6.85. The Hall–Kier alpha value is -2.12. The van der Waals surface area contributed by atoms with Gasteiger partial charge in [-0.05, 0) is 43.9 Å². The maximum atomic E-state index is 12.4. The fraction of sp³-hybridized carbons (Fsp3) is 0.579. The molecule has 2 heterocycles. The number of carbonyl (C=O) groups excluding carboxylic acids is 1. The van der Waals surface area contributed by atoms with E-state index in [2.05, 4.69) is 5.32 Å². The summed E-state index contributed by atoms with van der Waals surface area (Å²) in [4.78, 5) is 24.1. The van der Waals surface area contributed by atoms with E-state index in [-0.39, 0.29) is 18.6 Å². The minimum atomic E-state index is -0.957. The first-order chi connectivity index (χ1) is 12.6. The molecule has 0 radical (unpaired) electrons. The molecule has 1 atom stereocenters. The molecule has 7 nitrogen and oxygen atoms in total. The van der Waals surface area contributed by atoms with E-state index < -0.39 is 11.4 Å². The summed E-state index contributed by atoms with van der Waals surface area (Å²) in [6, 6.07) is 6.90. The number of carboxylic acid groups (broad SMARTS) is 1. The fourth-order valence-corrected chi connectivity index (χ4v) is 3.27. The van der Waals surface area contributed by atoms with Gasteiger partial charge >= 0.3 is 5.97 Å². The van der Waals surface area contributed by atoms with Gasteiger partial charge in [-0.25, -0.2) is 0 Å². The van der Waals surface area contributed by atoms with Gasteiger partial charge in [-0.1, -0.05) is 6.07 Å². The molecule has 1 aromatic carbocycles. The van der Waals surface area contributed by atoms with Gasteiger partial charge in [0.15, 0.2) is 0 Å². The van der Waals surface area contributed by atoms with Crippen LogP contribution in [0.4, 0.5) is 0 Å². The first-order valence-electron chi connectivity index (χ1n) is 9.03. The highest BCUT2D eigenvalue weighted by Gasteiger charge is 2.40. The number of carboxylic acids is 1. The molecule has 0 aliphatic carbocycles. The minimum absolute atomic E-state index is 0.0888. The van der Waals surface area contributed by atoms with Crippen molar-refractivity contribution in [3.63, 3.8) is 0 Å². The lowest BCUT2D eigenvalue weighted by molar-refractivity contribution is -0.154. The first kappa shape index (κ1) is 18.7. The van der Waals surface area contributed by atoms with E-state index in [1.807, 2.05) is 0 Å². The van der Waals surface area contributed by atoms with Gasteiger partial charge in [-0.15, -0.1) is 0 Å². The Labute approximate surface area is 152 Å². The monoisotopic (exact) mass is 363 g/mol. The van der Waals surface area contributed by atoms with Crippen molar-refractivity contribution < 1.29 is 28.9 Å². The number of benzene rings is 1. The van der Waals surface area contributed by atoms with E-state index in [0.717, 1.165) is 19.4 Å². The molecule has 7 heteroatoms. The Balaban J connectivity index is 1.56. The molecular weight excluding hydrogens is 338 g/mol. The molecule has 2 aliphatic heterocycles. The highest BCUT2D eigenvalue weighted by molar-refractivity contribution is 5.95. The van der Waals surface area contributed by atoms with E-state index in [1.54, 1.807) is 24.3 Å². The Morgan fingerprint density at radius 1 is 1.27 bits per heavy atom. The lowest BCUT2D eigenvalue weighted by Crippen LogP contribution is -2.46. The van der Waals surface area contributed by atoms with Crippen LogP contribution in [0.2, 0.25) is 0 Å². The molecule has 2 aliphatic rings. The summed E-state index contributed by atoms with van der Waals surface area (Å²) in [6.45, 7) is 2.12. The molecule has 0 saturated carbocycles. The van der Waals surface area contributed by atoms with E-state index >= 15 is 0 Å². The second-order valence-corrected chi connectivity index (χ2v) is 6.85. The minimum Gasteiger partial charge on any atom is -0.491 e. The first-order valence-corrected chi connectivity index (χ1v) is 9.03. The zero-order chi connectivity index (χ0) is 18.4. The van der Waals surface area contributed by atoms with E-state index in [1.165, 1.54) is 0 Å². The number of carbonyl (C=O) groups is 2. The molecule has 2 N–H and O–H groups in total. The van der Waals surface area contributed by atoms with Crippen molar-refractivity contribution in [2.24, 2.45) is 5.41 Å². The normalized spacial score (nSPS) is 21.9. The molecule has 2 saturated heterocycles. The molecule has 3 rings (SSSR count). The van der Waals surface area contributed by atoms with Crippen LogP contribution in [0.3, 0.4) is 0 Å². The van der Waals surface area contributed by atoms with Crippen LogP contribution in [0.25, 0.3) is 0 Å². The van der Waals surface area contributed by atoms with Crippen molar-refractivity contribution >= 4 is 11.9 Å². The number of rotatable bonds is 7. The summed E-state index contributed by atoms with van der Waals surface area (Å²) < 4.78 is 16.5. The predicted octanol–water partition coefficient (Wildman–Crippen LogP) is 1.86. The molecular formula is C19H25NO6. The van der Waals surface area contributed by atoms with Crippen molar-refractivity contribution in [2.75, 3.05) is 33.0 Å². The van der Waals surface area contributed by atoms with E-state index in [4.69, 9.17) is 14.2 Å². The van der Waals surface area contributed by atoms with Crippen LogP contribution in [0.15, 0.2) is 24.3 Å². The molecule has 0 aromatic heterocycles. The lowest BCUT2D eigenvalue weighted by atomic mass is 9.80. The molecule has 1 amide bonds. The number of amides is 1. The summed E-state index contributed by atoms with van der Waals surface area (Å²) >= 11 is 0. The summed E-state index contributed by atoms with van der Waals surface area (Å²) in [5.41, 5.74) is -0.510. The maximum Gasteiger partial charge on any atom is 0.311 e. The Morgan fingerprint density at radius 2 is 2.08 bits per heavy atom. The van der Waals surface area contributed by atoms with Gasteiger partial charge in [0, 0.05) is 31.9 Å². The van der Waals surface area contributed by atoms with Crippen molar-refractivity contribution in [3.05, 3.63) is 29.8 Å². The van der Waals surface area contributed by atoms with Gasteiger partial charge in [0.05, 0.1) is 11.5 Å². The summed E-state index contributed by atoms with van der Waals surface area (Å²) in [5, 5.41) is 12.3. The molecule has 0 bridgehead atoms. The average Bonchev–Trinajstić information content (AvgIpc) is 3.19. The third-order valence-electron chi connectivity index (χ3n) is 5.05. The quantitative estimate of drug-likeness (QED) is 0.768. The average molecular weight is 363 g/mol. The van der Waals surface area contributed by atoms with Crippen molar-refractivity contribution in [1.29, 1.82) is 0 Å². The van der Waals surface area contributed by atoms with Crippen LogP contribution in [-0.4, -0.2) is 56.1 Å². The maximum absolute atomic E-state index is 12.4. The predicted molar refractivity (Wildman–Crippen MR) is 93.4 cm³/mol. The Kier molecular flexibility index (Phi) is 6.11. The van der Waals surface area contributed by atoms with Crippen molar-refractivity contribution in [2.45, 2.75) is 31.8 Å². The molecule has 1 unspecified atom stereocenters. The fourth-order valence-electron chi connectivity index (χ4n) is 3.27. The third-order valence-corrected chi connectivity index (χ3v) is 5.05. The summed E-state index contributed by atoms with van der Waals surface area (Å²) in [6.07, 6.45) is 2.94. The number of ether oxygens (including phenoxy) is 3. The topological polar surface area (TPSA) is 94.1 Å². The van der Waals surface area contributed by atoms with Gasteiger partial charge in [0.25, 0.3) is 5.91 Å². The standard InChI is InChI=1S/C19H25NO6/c21-17(20-13-19(18(22)23)6-9-24-10-7-19)14-3-1-4-15(11-14)26-12-16-5-2-8-25-16/h1,3-4,11,16H,2,5-10,12-13H2,(H,20,21)(H,22,23). The van der Waals surface area contributed by atoms with Crippen molar-refractivity contribution in [1.82, 2.24) is 5.32 Å². The van der Waals surface area contributed by atoms with Gasteiger partial charge in [-0.3, -0.25) is 9.59 Å². The van der Waals surface area contributed by atoms with Crippen LogP contribution in [0, 0.1) is 5.41 Å². The van der Waals surface area contributed by atoms with Crippen LogP contribution in [0.1, 0.15) is 36.0 Å². The van der Waals surface area contributed by atoms with E-state index in [9.17, 15) is 14.7 Å². The van der Waals surface area contributed by atoms with Crippen molar-refractivity contribution in [3.8, 4) is 5.75 Å². The summed E-state index contributed by atoms with van der Waals surface area (Å²) in [7, 11) is 0. The molecule has 1 aromatic rings. The number of nitrogens with one attached hydrogen (secondary N) is 1. The highest BCUT2D eigenvalue weighted by Crippen LogP contribution is 2.30. The van der Waals surface area contributed by atoms with E-state index in [0.29, 0.717) is 44.0 Å². The van der Waals surface area contributed by atoms with Gasteiger partial charge in [0.1, 0.15) is 12.4 Å². The molecule has 0 spiro atoms. The number of hydrogen-bond donors (Lipinski definition) is 2. The zero-order valence-electron chi connectivity index (χ0n) is 14.7. The molecule has 142 valence electrons. The molecule has 2 fully saturated rings. The van der Waals surface area contributed by atoms with Crippen LogP contribution >= 0.6 is 0 Å². The molecule has 26 heavy (non-hydrogen) atoms. The van der Waals surface area contributed by atoms with Gasteiger partial charge in [0.2, 0.25) is 0 Å².